The molecule has 0 spiro atoms. The third-order valence-electron chi connectivity index (χ3n) is 3.33. The van der Waals surface area contributed by atoms with E-state index in [1.54, 1.807) is 18.2 Å². The molecule has 0 aliphatic heterocycles. The van der Waals surface area contributed by atoms with Crippen molar-refractivity contribution < 1.29 is 13.2 Å². The van der Waals surface area contributed by atoms with Crippen molar-refractivity contribution in [3.8, 4) is 11.8 Å². The number of hydrogen-bond donors (Lipinski definition) is 0. The fourth-order valence-electron chi connectivity index (χ4n) is 2.08. The van der Waals surface area contributed by atoms with Gasteiger partial charge < -0.3 is 4.74 Å². The number of nitrogens with zero attached hydrogens (tertiary/aromatic N) is 2. The van der Waals surface area contributed by atoms with Crippen LogP contribution in [0.15, 0.2) is 47.4 Å². The Bertz CT molecular complexity index is 843. The van der Waals surface area contributed by atoms with E-state index in [4.69, 9.17) is 21.6 Å². The number of sulfonamides is 1. The number of methoxy groups -OCH3 is 1. The lowest BCUT2D eigenvalue weighted by Gasteiger charge is -2.19. The predicted octanol–water partition coefficient (Wildman–Crippen LogP) is 3.04. The number of hydrogen-bond acceptors (Lipinski definition) is 4. The van der Waals surface area contributed by atoms with Gasteiger partial charge >= 0.3 is 0 Å². The molecule has 0 saturated heterocycles. The largest absolute Gasteiger partial charge is 0.496 e. The number of ether oxygens (including phenoxy) is 1. The maximum Gasteiger partial charge on any atom is 0.243 e. The second-order valence-corrected chi connectivity index (χ2v) is 7.33. The number of nitriles is 1. The molecule has 0 atom stereocenters. The van der Waals surface area contributed by atoms with Gasteiger partial charge in [0.25, 0.3) is 0 Å². The van der Waals surface area contributed by atoms with Gasteiger partial charge in [0.2, 0.25) is 10.0 Å². The number of benzene rings is 2. The molecule has 0 radical (unpaired) electrons. The normalized spacial score (nSPS) is 11.3. The van der Waals surface area contributed by atoms with Crippen LogP contribution in [0.25, 0.3) is 0 Å². The molecule has 0 bridgehead atoms. The molecule has 2 rings (SSSR count). The van der Waals surface area contributed by atoms with Crippen molar-refractivity contribution in [2.45, 2.75) is 11.4 Å². The average molecular weight is 351 g/mol. The van der Waals surface area contributed by atoms with E-state index in [1.165, 1.54) is 42.7 Å². The minimum atomic E-state index is -3.67. The lowest BCUT2D eigenvalue weighted by Crippen LogP contribution is -2.26. The van der Waals surface area contributed by atoms with Crippen LogP contribution in [0.2, 0.25) is 5.02 Å². The fraction of sp³-hybridized carbons (Fsp3) is 0.188. The Hall–Kier alpha value is -2.07. The highest BCUT2D eigenvalue weighted by molar-refractivity contribution is 7.89. The molecule has 0 fully saturated rings. The van der Waals surface area contributed by atoms with Gasteiger partial charge in [-0.25, -0.2) is 8.42 Å². The predicted molar refractivity (Wildman–Crippen MR) is 87.8 cm³/mol. The minimum Gasteiger partial charge on any atom is -0.496 e. The molecule has 2 aromatic carbocycles. The van der Waals surface area contributed by atoms with Gasteiger partial charge in [-0.3, -0.25) is 0 Å². The van der Waals surface area contributed by atoms with Crippen molar-refractivity contribution in [3.63, 3.8) is 0 Å². The summed E-state index contributed by atoms with van der Waals surface area (Å²) in [5.41, 5.74) is 1.07. The van der Waals surface area contributed by atoms with Crippen molar-refractivity contribution >= 4 is 21.6 Å². The van der Waals surface area contributed by atoms with E-state index >= 15 is 0 Å². The van der Waals surface area contributed by atoms with Crippen molar-refractivity contribution in [2.75, 3.05) is 14.2 Å². The third kappa shape index (κ3) is 3.82. The molecule has 120 valence electrons. The summed E-state index contributed by atoms with van der Waals surface area (Å²) in [6, 6.07) is 12.8. The molecule has 0 aromatic heterocycles. The Kier molecular flexibility index (Phi) is 5.26. The SMILES string of the molecule is COc1ccc(Cl)cc1CN(C)S(=O)(=O)c1ccc(C#N)cc1. The topological polar surface area (TPSA) is 70.4 Å². The molecule has 0 aliphatic rings. The van der Waals surface area contributed by atoms with Crippen LogP contribution in [0.1, 0.15) is 11.1 Å². The Balaban J connectivity index is 2.30. The van der Waals surface area contributed by atoms with Crippen LogP contribution in [0.5, 0.6) is 5.75 Å². The summed E-state index contributed by atoms with van der Waals surface area (Å²) in [6.07, 6.45) is 0. The van der Waals surface area contributed by atoms with Gasteiger partial charge in [-0.2, -0.15) is 9.57 Å². The molecule has 5 nitrogen and oxygen atoms in total. The van der Waals surface area contributed by atoms with E-state index in [0.717, 1.165) is 0 Å². The summed E-state index contributed by atoms with van der Waals surface area (Å²) in [5, 5.41) is 9.29. The monoisotopic (exact) mass is 350 g/mol. The van der Waals surface area contributed by atoms with Crippen LogP contribution < -0.4 is 4.74 Å². The highest BCUT2D eigenvalue weighted by Crippen LogP contribution is 2.26. The molecule has 0 amide bonds. The maximum absolute atomic E-state index is 12.6. The van der Waals surface area contributed by atoms with Crippen LogP contribution >= 0.6 is 11.6 Å². The second kappa shape index (κ2) is 7.01. The average Bonchev–Trinajstić information content (AvgIpc) is 2.55. The first-order chi connectivity index (χ1) is 10.9. The zero-order valence-electron chi connectivity index (χ0n) is 12.7. The van der Waals surface area contributed by atoms with E-state index in [-0.39, 0.29) is 11.4 Å². The first-order valence-corrected chi connectivity index (χ1v) is 8.49. The molecule has 7 heteroatoms. The summed E-state index contributed by atoms with van der Waals surface area (Å²) in [6.45, 7) is 0.117. The molecule has 0 unspecified atom stereocenters. The summed E-state index contributed by atoms with van der Waals surface area (Å²) >= 11 is 5.97. The quantitative estimate of drug-likeness (QED) is 0.831. The Morgan fingerprint density at radius 3 is 2.43 bits per heavy atom. The summed E-state index contributed by atoms with van der Waals surface area (Å²) < 4.78 is 31.6. The number of halogens is 1. The standard InChI is InChI=1S/C16H15ClN2O3S/c1-19(11-13-9-14(17)5-8-16(13)22-2)23(20,21)15-6-3-12(10-18)4-7-15/h3-9H,11H2,1-2H3. The Morgan fingerprint density at radius 1 is 1.22 bits per heavy atom. The van der Waals surface area contributed by atoms with Crippen LogP contribution in [0.3, 0.4) is 0 Å². The Morgan fingerprint density at radius 2 is 1.87 bits per heavy atom. The third-order valence-corrected chi connectivity index (χ3v) is 5.38. The van der Waals surface area contributed by atoms with Gasteiger partial charge in [-0.15, -0.1) is 0 Å². The lowest BCUT2D eigenvalue weighted by molar-refractivity contribution is 0.398. The summed E-state index contributed by atoms with van der Waals surface area (Å²) in [7, 11) is -0.679. The second-order valence-electron chi connectivity index (χ2n) is 4.85. The van der Waals surface area contributed by atoms with Crippen LogP contribution in [0, 0.1) is 11.3 Å². The molecule has 23 heavy (non-hydrogen) atoms. The molecular weight excluding hydrogens is 336 g/mol. The van der Waals surface area contributed by atoms with Crippen LogP contribution in [-0.4, -0.2) is 26.9 Å². The van der Waals surface area contributed by atoms with Crippen molar-refractivity contribution in [1.82, 2.24) is 4.31 Å². The Labute approximate surface area is 140 Å². The highest BCUT2D eigenvalue weighted by Gasteiger charge is 2.22. The molecule has 0 aliphatic carbocycles. The molecular formula is C16H15ClN2O3S. The van der Waals surface area contributed by atoms with Gasteiger partial charge in [0, 0.05) is 24.2 Å². The van der Waals surface area contributed by atoms with Gasteiger partial charge in [-0.05, 0) is 42.5 Å². The zero-order chi connectivity index (χ0) is 17.0. The van der Waals surface area contributed by atoms with Gasteiger partial charge in [0.15, 0.2) is 0 Å². The molecule has 2 aromatic rings. The van der Waals surface area contributed by atoms with Crippen LogP contribution in [0.4, 0.5) is 0 Å². The van der Waals surface area contributed by atoms with E-state index in [9.17, 15) is 8.42 Å². The van der Waals surface area contributed by atoms with E-state index in [1.807, 2.05) is 6.07 Å². The van der Waals surface area contributed by atoms with E-state index in [2.05, 4.69) is 0 Å². The van der Waals surface area contributed by atoms with Gasteiger partial charge in [0.05, 0.1) is 23.6 Å². The molecule has 0 N–H and O–H groups in total. The molecule has 0 saturated carbocycles. The van der Waals surface area contributed by atoms with Gasteiger partial charge in [-0.1, -0.05) is 11.6 Å². The van der Waals surface area contributed by atoms with Crippen molar-refractivity contribution in [3.05, 3.63) is 58.6 Å². The highest BCUT2D eigenvalue weighted by atomic mass is 35.5. The lowest BCUT2D eigenvalue weighted by atomic mass is 10.2. The summed E-state index contributed by atoms with van der Waals surface area (Å²) in [4.78, 5) is 0.125. The van der Waals surface area contributed by atoms with E-state index in [0.29, 0.717) is 21.9 Å². The fourth-order valence-corrected chi connectivity index (χ4v) is 3.42. The van der Waals surface area contributed by atoms with E-state index < -0.39 is 10.0 Å². The minimum absolute atomic E-state index is 0.117. The number of rotatable bonds is 5. The first kappa shape index (κ1) is 17.3. The van der Waals surface area contributed by atoms with Crippen molar-refractivity contribution in [2.24, 2.45) is 0 Å². The zero-order valence-corrected chi connectivity index (χ0v) is 14.2. The van der Waals surface area contributed by atoms with Gasteiger partial charge in [0.1, 0.15) is 5.75 Å². The first-order valence-electron chi connectivity index (χ1n) is 6.67. The maximum atomic E-state index is 12.6. The smallest absolute Gasteiger partial charge is 0.243 e. The summed E-state index contributed by atoms with van der Waals surface area (Å²) in [5.74, 6) is 0.566. The van der Waals surface area contributed by atoms with Crippen LogP contribution in [-0.2, 0) is 16.6 Å². The van der Waals surface area contributed by atoms with Crippen molar-refractivity contribution in [1.29, 1.82) is 5.26 Å². The molecule has 0 heterocycles.